The minimum Gasteiger partial charge on any atom is -0.350 e. The summed E-state index contributed by atoms with van der Waals surface area (Å²) in [5.41, 5.74) is 5.63. The standard InChI is InChI=1S/C15H22N4O3S.ClH/c1-10(8-13(20)18-15(2,3)9-16)17-14-11-6-4-5-7-12(11)23(21,22)19-14;/h4-7,10H,8-9,16H2,1-3H3,(H,17,19)(H,18,20);1H. The minimum absolute atomic E-state index is 0. The predicted octanol–water partition coefficient (Wildman–Crippen LogP) is 0.779. The van der Waals surface area contributed by atoms with Crippen molar-refractivity contribution in [2.75, 3.05) is 6.54 Å². The number of benzene rings is 1. The first kappa shape index (κ1) is 20.4. The number of rotatable bonds is 5. The summed E-state index contributed by atoms with van der Waals surface area (Å²) in [5, 5.41) is 2.83. The van der Waals surface area contributed by atoms with Gasteiger partial charge in [-0.05, 0) is 32.9 Å². The number of nitrogens with zero attached hydrogens (tertiary/aromatic N) is 1. The average molecular weight is 375 g/mol. The molecule has 0 fully saturated rings. The fraction of sp³-hybridized carbons (Fsp3) is 0.467. The van der Waals surface area contributed by atoms with E-state index in [9.17, 15) is 13.2 Å². The molecule has 1 atom stereocenters. The van der Waals surface area contributed by atoms with E-state index < -0.39 is 15.6 Å². The van der Waals surface area contributed by atoms with Gasteiger partial charge in [0, 0.05) is 24.1 Å². The lowest BCUT2D eigenvalue weighted by Crippen LogP contribution is -2.49. The molecule has 1 aromatic rings. The topological polar surface area (TPSA) is 114 Å². The molecule has 0 saturated heterocycles. The number of hydrogen-bond donors (Lipinski definition) is 3. The summed E-state index contributed by atoms with van der Waals surface area (Å²) in [4.78, 5) is 16.6. The van der Waals surface area contributed by atoms with Crippen LogP contribution in [0.2, 0.25) is 0 Å². The van der Waals surface area contributed by atoms with Gasteiger partial charge in [0.1, 0.15) is 5.84 Å². The van der Waals surface area contributed by atoms with Gasteiger partial charge in [0.15, 0.2) is 0 Å². The lowest BCUT2D eigenvalue weighted by atomic mass is 10.1. The molecule has 1 heterocycles. The third-order valence-corrected chi connectivity index (χ3v) is 4.88. The largest absolute Gasteiger partial charge is 0.350 e. The first-order valence-electron chi connectivity index (χ1n) is 7.36. The SMILES string of the molecule is CC(CC(=O)NC(C)(C)CN)N=C1NS(=O)(=O)c2ccccc21.Cl. The van der Waals surface area contributed by atoms with Crippen LogP contribution >= 0.6 is 12.4 Å². The summed E-state index contributed by atoms with van der Waals surface area (Å²) in [5.74, 6) is 0.102. The number of sulfonamides is 1. The Morgan fingerprint density at radius 2 is 2.00 bits per heavy atom. The zero-order valence-corrected chi connectivity index (χ0v) is 15.5. The van der Waals surface area contributed by atoms with Gasteiger partial charge >= 0.3 is 0 Å². The average Bonchev–Trinajstić information content (AvgIpc) is 2.70. The quantitative estimate of drug-likeness (QED) is 0.706. The highest BCUT2D eigenvalue weighted by Gasteiger charge is 2.30. The Labute approximate surface area is 148 Å². The van der Waals surface area contributed by atoms with Crippen molar-refractivity contribution >= 4 is 34.2 Å². The Bertz CT molecular complexity index is 747. The Morgan fingerprint density at radius 3 is 2.62 bits per heavy atom. The van der Waals surface area contributed by atoms with E-state index in [1.165, 1.54) is 6.07 Å². The third kappa shape index (κ3) is 4.68. The maximum atomic E-state index is 12.0. The molecule has 9 heteroatoms. The molecule has 134 valence electrons. The van der Waals surface area contributed by atoms with E-state index in [1.54, 1.807) is 25.1 Å². The molecule has 0 aliphatic carbocycles. The Hall–Kier alpha value is -1.64. The number of nitrogens with two attached hydrogens (primary N) is 1. The van der Waals surface area contributed by atoms with E-state index in [4.69, 9.17) is 5.73 Å². The van der Waals surface area contributed by atoms with Crippen molar-refractivity contribution < 1.29 is 13.2 Å². The van der Waals surface area contributed by atoms with Crippen LogP contribution in [0.4, 0.5) is 0 Å². The summed E-state index contributed by atoms with van der Waals surface area (Å²) < 4.78 is 26.4. The molecule has 0 saturated carbocycles. The number of nitrogens with one attached hydrogen (secondary N) is 2. The summed E-state index contributed by atoms with van der Waals surface area (Å²) in [7, 11) is -3.56. The van der Waals surface area contributed by atoms with E-state index in [-0.39, 0.29) is 41.5 Å². The van der Waals surface area contributed by atoms with Crippen molar-refractivity contribution in [1.29, 1.82) is 0 Å². The van der Waals surface area contributed by atoms with Crippen LogP contribution in [0.1, 0.15) is 32.8 Å². The van der Waals surface area contributed by atoms with Crippen LogP contribution in [0.3, 0.4) is 0 Å². The van der Waals surface area contributed by atoms with Crippen molar-refractivity contribution in [2.45, 2.75) is 43.7 Å². The van der Waals surface area contributed by atoms with Crippen molar-refractivity contribution in [2.24, 2.45) is 10.7 Å². The summed E-state index contributed by atoms with van der Waals surface area (Å²) in [6.45, 7) is 5.76. The number of fused-ring (bicyclic) bond motifs is 1. The second-order valence-corrected chi connectivity index (χ2v) is 7.92. The van der Waals surface area contributed by atoms with Crippen molar-refractivity contribution in [3.05, 3.63) is 29.8 Å². The Balaban J connectivity index is 0.00000288. The number of amides is 1. The molecule has 0 aromatic heterocycles. The number of carbonyl (C=O) groups is 1. The second kappa shape index (κ2) is 7.50. The van der Waals surface area contributed by atoms with Crippen molar-refractivity contribution in [3.63, 3.8) is 0 Å². The predicted molar refractivity (Wildman–Crippen MR) is 95.9 cm³/mol. The highest BCUT2D eigenvalue weighted by molar-refractivity contribution is 7.90. The molecular weight excluding hydrogens is 352 g/mol. The fourth-order valence-electron chi connectivity index (χ4n) is 2.24. The minimum atomic E-state index is -3.56. The highest BCUT2D eigenvalue weighted by Crippen LogP contribution is 2.22. The monoisotopic (exact) mass is 374 g/mol. The van der Waals surface area contributed by atoms with E-state index >= 15 is 0 Å². The van der Waals surface area contributed by atoms with E-state index in [1.807, 2.05) is 13.8 Å². The first-order chi connectivity index (χ1) is 10.6. The van der Waals surface area contributed by atoms with Gasteiger partial charge in [0.2, 0.25) is 5.91 Å². The molecule has 1 aromatic carbocycles. The Kier molecular flexibility index (Phi) is 6.38. The molecule has 4 N–H and O–H groups in total. The molecule has 1 amide bonds. The lowest BCUT2D eigenvalue weighted by Gasteiger charge is -2.24. The highest BCUT2D eigenvalue weighted by atomic mass is 35.5. The normalized spacial score (nSPS) is 18.2. The van der Waals surface area contributed by atoms with Crippen LogP contribution in [-0.4, -0.2) is 38.3 Å². The molecule has 1 unspecified atom stereocenters. The molecule has 7 nitrogen and oxygen atoms in total. The number of halogens is 1. The van der Waals surface area contributed by atoms with Gasteiger partial charge in [-0.3, -0.25) is 14.5 Å². The van der Waals surface area contributed by atoms with Gasteiger partial charge in [-0.25, -0.2) is 8.42 Å². The maximum absolute atomic E-state index is 12.0. The first-order valence-corrected chi connectivity index (χ1v) is 8.84. The summed E-state index contributed by atoms with van der Waals surface area (Å²) in [6, 6.07) is 6.26. The van der Waals surface area contributed by atoms with Crippen molar-refractivity contribution in [3.8, 4) is 0 Å². The summed E-state index contributed by atoms with van der Waals surface area (Å²) in [6.07, 6.45) is 0.150. The van der Waals surface area contributed by atoms with Gasteiger partial charge in [-0.15, -0.1) is 12.4 Å². The molecule has 1 aliphatic heterocycles. The molecule has 0 spiro atoms. The molecule has 0 bridgehead atoms. The van der Waals surface area contributed by atoms with E-state index in [2.05, 4.69) is 15.0 Å². The van der Waals surface area contributed by atoms with Crippen LogP contribution in [0.5, 0.6) is 0 Å². The molecule has 0 radical (unpaired) electrons. The summed E-state index contributed by atoms with van der Waals surface area (Å²) >= 11 is 0. The molecule has 1 aliphatic rings. The van der Waals surface area contributed by atoms with Gasteiger partial charge in [0.05, 0.1) is 10.9 Å². The van der Waals surface area contributed by atoms with Gasteiger partial charge in [-0.2, -0.15) is 0 Å². The van der Waals surface area contributed by atoms with E-state index in [0.29, 0.717) is 12.1 Å². The van der Waals surface area contributed by atoms with Crippen LogP contribution in [0.25, 0.3) is 0 Å². The third-order valence-electron chi connectivity index (χ3n) is 3.48. The van der Waals surface area contributed by atoms with Crippen LogP contribution < -0.4 is 15.8 Å². The van der Waals surface area contributed by atoms with Gasteiger partial charge in [0.25, 0.3) is 10.0 Å². The zero-order valence-electron chi connectivity index (χ0n) is 13.9. The van der Waals surface area contributed by atoms with Gasteiger partial charge < -0.3 is 11.1 Å². The van der Waals surface area contributed by atoms with E-state index in [0.717, 1.165) is 0 Å². The molecule has 2 rings (SSSR count). The lowest BCUT2D eigenvalue weighted by molar-refractivity contribution is -0.122. The fourth-order valence-corrected chi connectivity index (χ4v) is 3.48. The van der Waals surface area contributed by atoms with Crippen LogP contribution in [0, 0.1) is 0 Å². The number of aliphatic imine (C=N–C) groups is 1. The Morgan fingerprint density at radius 1 is 1.38 bits per heavy atom. The molecule has 24 heavy (non-hydrogen) atoms. The van der Waals surface area contributed by atoms with Crippen LogP contribution in [-0.2, 0) is 14.8 Å². The number of hydrogen-bond acceptors (Lipinski definition) is 5. The van der Waals surface area contributed by atoms with Crippen molar-refractivity contribution in [1.82, 2.24) is 10.0 Å². The van der Waals surface area contributed by atoms with Crippen LogP contribution in [0.15, 0.2) is 34.2 Å². The molecular formula is C15H23ClN4O3S. The second-order valence-electron chi connectivity index (χ2n) is 6.27. The maximum Gasteiger partial charge on any atom is 0.263 e. The zero-order chi connectivity index (χ0) is 17.3. The van der Waals surface area contributed by atoms with Gasteiger partial charge in [-0.1, -0.05) is 12.1 Å². The smallest absolute Gasteiger partial charge is 0.263 e. The number of carbonyl (C=O) groups excluding carboxylic acids is 1. The number of amidine groups is 1.